The summed E-state index contributed by atoms with van der Waals surface area (Å²) in [7, 11) is 1.59. The standard InChI is InChI=1S/C24H32N2O5/c1-5-7-8-15-30-20-9-11-21(12-10-20)31-18(3)24(27)26-25-17-19-16-22(28-4)13-14-23(19)29-6-2/h9-14,16-18H,5-8,15H2,1-4H3,(H,26,27)/b25-17-. The zero-order valence-corrected chi connectivity index (χ0v) is 18.7. The third kappa shape index (κ3) is 8.20. The molecule has 0 aliphatic rings. The van der Waals surface area contributed by atoms with Crippen LogP contribution in [0.3, 0.4) is 0 Å². The number of nitrogens with one attached hydrogen (secondary N) is 1. The molecule has 0 aliphatic carbocycles. The fraction of sp³-hybridized carbons (Fsp3) is 0.417. The number of carbonyl (C=O) groups excluding carboxylic acids is 1. The lowest BCUT2D eigenvalue weighted by atomic mass is 10.2. The molecular formula is C24H32N2O5. The first-order valence-electron chi connectivity index (χ1n) is 10.6. The molecule has 1 unspecified atom stereocenters. The molecule has 0 bridgehead atoms. The van der Waals surface area contributed by atoms with E-state index in [1.165, 1.54) is 6.21 Å². The van der Waals surface area contributed by atoms with Gasteiger partial charge in [0.15, 0.2) is 6.10 Å². The Morgan fingerprint density at radius 2 is 1.74 bits per heavy atom. The summed E-state index contributed by atoms with van der Waals surface area (Å²) in [6, 6.07) is 12.6. The average molecular weight is 429 g/mol. The molecular weight excluding hydrogens is 396 g/mol. The van der Waals surface area contributed by atoms with Crippen molar-refractivity contribution in [2.45, 2.75) is 46.1 Å². The van der Waals surface area contributed by atoms with E-state index in [1.54, 1.807) is 44.4 Å². The van der Waals surface area contributed by atoms with Crippen LogP contribution in [0.5, 0.6) is 23.0 Å². The van der Waals surface area contributed by atoms with E-state index in [0.717, 1.165) is 25.0 Å². The van der Waals surface area contributed by atoms with Gasteiger partial charge in [0.25, 0.3) is 5.91 Å². The second-order valence-corrected chi connectivity index (χ2v) is 6.86. The van der Waals surface area contributed by atoms with Gasteiger partial charge in [0.1, 0.15) is 23.0 Å². The largest absolute Gasteiger partial charge is 0.497 e. The highest BCUT2D eigenvalue weighted by atomic mass is 16.5. The number of carbonyl (C=O) groups is 1. The zero-order valence-electron chi connectivity index (χ0n) is 18.7. The molecule has 31 heavy (non-hydrogen) atoms. The highest BCUT2D eigenvalue weighted by molar-refractivity contribution is 5.86. The third-order valence-corrected chi connectivity index (χ3v) is 4.42. The van der Waals surface area contributed by atoms with Gasteiger partial charge in [0.2, 0.25) is 0 Å². The summed E-state index contributed by atoms with van der Waals surface area (Å²) >= 11 is 0. The minimum Gasteiger partial charge on any atom is -0.497 e. The van der Waals surface area contributed by atoms with Gasteiger partial charge in [-0.15, -0.1) is 0 Å². The van der Waals surface area contributed by atoms with E-state index in [1.807, 2.05) is 19.1 Å². The maximum absolute atomic E-state index is 12.3. The van der Waals surface area contributed by atoms with Crippen LogP contribution in [0.15, 0.2) is 47.6 Å². The Hall–Kier alpha value is -3.22. The van der Waals surface area contributed by atoms with Crippen molar-refractivity contribution in [1.29, 1.82) is 0 Å². The Labute approximate surface area is 184 Å². The van der Waals surface area contributed by atoms with Crippen LogP contribution in [0.25, 0.3) is 0 Å². The van der Waals surface area contributed by atoms with Crippen molar-refractivity contribution in [3.63, 3.8) is 0 Å². The van der Waals surface area contributed by atoms with Crippen LogP contribution in [0.2, 0.25) is 0 Å². The number of benzene rings is 2. The van der Waals surface area contributed by atoms with E-state index in [2.05, 4.69) is 17.5 Å². The number of amides is 1. The molecule has 2 aromatic carbocycles. The lowest BCUT2D eigenvalue weighted by Gasteiger charge is -2.13. The minimum atomic E-state index is -0.717. The van der Waals surface area contributed by atoms with E-state index in [4.69, 9.17) is 18.9 Å². The van der Waals surface area contributed by atoms with Gasteiger partial charge >= 0.3 is 0 Å². The molecule has 168 valence electrons. The maximum atomic E-state index is 12.3. The van der Waals surface area contributed by atoms with Crippen molar-refractivity contribution >= 4 is 12.1 Å². The van der Waals surface area contributed by atoms with Gasteiger partial charge in [0, 0.05) is 5.56 Å². The van der Waals surface area contributed by atoms with Crippen LogP contribution >= 0.6 is 0 Å². The minimum absolute atomic E-state index is 0.364. The smallest absolute Gasteiger partial charge is 0.280 e. The molecule has 0 saturated heterocycles. The lowest BCUT2D eigenvalue weighted by molar-refractivity contribution is -0.127. The van der Waals surface area contributed by atoms with Gasteiger partial charge in [-0.2, -0.15) is 5.10 Å². The monoisotopic (exact) mass is 428 g/mol. The Balaban J connectivity index is 1.87. The number of hydrogen-bond acceptors (Lipinski definition) is 6. The SMILES string of the molecule is CCCCCOc1ccc(OC(C)C(=O)N/N=C\c2cc(OC)ccc2OCC)cc1. The van der Waals surface area contributed by atoms with Crippen LogP contribution in [-0.4, -0.2) is 38.5 Å². The molecule has 0 heterocycles. The number of methoxy groups -OCH3 is 1. The van der Waals surface area contributed by atoms with Gasteiger partial charge < -0.3 is 18.9 Å². The lowest BCUT2D eigenvalue weighted by Crippen LogP contribution is -2.33. The molecule has 1 atom stereocenters. The van der Waals surface area contributed by atoms with Crippen molar-refractivity contribution in [2.75, 3.05) is 20.3 Å². The molecule has 1 N–H and O–H groups in total. The van der Waals surface area contributed by atoms with E-state index < -0.39 is 6.10 Å². The summed E-state index contributed by atoms with van der Waals surface area (Å²) in [6.07, 6.45) is 4.15. The molecule has 0 aromatic heterocycles. The van der Waals surface area contributed by atoms with Crippen molar-refractivity contribution in [1.82, 2.24) is 5.43 Å². The summed E-state index contributed by atoms with van der Waals surface area (Å²) < 4.78 is 22.2. The highest BCUT2D eigenvalue weighted by Gasteiger charge is 2.14. The summed E-state index contributed by atoms with van der Waals surface area (Å²) in [5.74, 6) is 2.33. The predicted molar refractivity (Wildman–Crippen MR) is 121 cm³/mol. The fourth-order valence-electron chi connectivity index (χ4n) is 2.71. The van der Waals surface area contributed by atoms with Crippen molar-refractivity contribution in [3.8, 4) is 23.0 Å². The number of unbranched alkanes of at least 4 members (excludes halogenated alkanes) is 2. The fourth-order valence-corrected chi connectivity index (χ4v) is 2.71. The van der Waals surface area contributed by atoms with E-state index in [0.29, 0.717) is 36.0 Å². The Kier molecular flexibility index (Phi) is 10.2. The molecule has 1 amide bonds. The van der Waals surface area contributed by atoms with Gasteiger partial charge in [-0.3, -0.25) is 4.79 Å². The maximum Gasteiger partial charge on any atom is 0.280 e. The van der Waals surface area contributed by atoms with E-state index in [9.17, 15) is 4.79 Å². The summed E-state index contributed by atoms with van der Waals surface area (Å²) in [4.78, 5) is 12.3. The van der Waals surface area contributed by atoms with Crippen LogP contribution in [0, 0.1) is 0 Å². The number of ether oxygens (including phenoxy) is 4. The first kappa shape index (κ1) is 24.1. The Morgan fingerprint density at radius 3 is 2.42 bits per heavy atom. The van der Waals surface area contributed by atoms with Crippen molar-refractivity contribution in [2.24, 2.45) is 5.10 Å². The summed E-state index contributed by atoms with van der Waals surface area (Å²) in [6.45, 7) is 6.94. The van der Waals surface area contributed by atoms with E-state index >= 15 is 0 Å². The van der Waals surface area contributed by atoms with Crippen LogP contribution < -0.4 is 24.4 Å². The molecule has 0 radical (unpaired) electrons. The topological polar surface area (TPSA) is 78.4 Å². The first-order chi connectivity index (χ1) is 15.1. The summed E-state index contributed by atoms with van der Waals surface area (Å²) in [5, 5.41) is 4.03. The van der Waals surface area contributed by atoms with Gasteiger partial charge in [-0.25, -0.2) is 5.43 Å². The van der Waals surface area contributed by atoms with Crippen molar-refractivity contribution in [3.05, 3.63) is 48.0 Å². The Bertz CT molecular complexity index is 836. The normalized spacial score (nSPS) is 11.7. The van der Waals surface area contributed by atoms with Gasteiger partial charge in [0.05, 0.1) is 26.5 Å². The average Bonchev–Trinajstić information content (AvgIpc) is 2.78. The molecule has 2 aromatic rings. The molecule has 0 saturated carbocycles. The van der Waals surface area contributed by atoms with Gasteiger partial charge in [-0.1, -0.05) is 19.8 Å². The first-order valence-corrected chi connectivity index (χ1v) is 10.6. The van der Waals surface area contributed by atoms with E-state index in [-0.39, 0.29) is 5.91 Å². The van der Waals surface area contributed by atoms with Crippen LogP contribution in [0.4, 0.5) is 0 Å². The molecule has 0 fully saturated rings. The number of hydrazone groups is 1. The number of nitrogens with zero attached hydrogens (tertiary/aromatic N) is 1. The molecule has 0 spiro atoms. The second kappa shape index (κ2) is 13.2. The quantitative estimate of drug-likeness (QED) is 0.287. The highest BCUT2D eigenvalue weighted by Crippen LogP contribution is 2.23. The molecule has 7 nitrogen and oxygen atoms in total. The number of rotatable bonds is 13. The second-order valence-electron chi connectivity index (χ2n) is 6.86. The zero-order chi connectivity index (χ0) is 22.5. The van der Waals surface area contributed by atoms with Crippen LogP contribution in [-0.2, 0) is 4.79 Å². The van der Waals surface area contributed by atoms with Crippen LogP contribution in [0.1, 0.15) is 45.6 Å². The number of hydrogen-bond donors (Lipinski definition) is 1. The Morgan fingerprint density at radius 1 is 1.03 bits per heavy atom. The summed E-state index contributed by atoms with van der Waals surface area (Å²) in [5.41, 5.74) is 3.19. The predicted octanol–water partition coefficient (Wildman–Crippen LogP) is 4.58. The molecule has 7 heteroatoms. The molecule has 2 rings (SSSR count). The third-order valence-electron chi connectivity index (χ3n) is 4.42. The van der Waals surface area contributed by atoms with Crippen molar-refractivity contribution < 1.29 is 23.7 Å². The van der Waals surface area contributed by atoms with Gasteiger partial charge in [-0.05, 0) is 62.7 Å². The molecule has 0 aliphatic heterocycles.